The lowest BCUT2D eigenvalue weighted by molar-refractivity contribution is -0.126. The van der Waals surface area contributed by atoms with Crippen LogP contribution in [0.25, 0.3) is 0 Å². The first-order valence-corrected chi connectivity index (χ1v) is 10.4. The molecule has 1 rings (SSSR count). The van der Waals surface area contributed by atoms with Crippen LogP contribution in [0.2, 0.25) is 0 Å². The van der Waals surface area contributed by atoms with Gasteiger partial charge in [0, 0.05) is 31.2 Å². The number of hydrogen-bond donors (Lipinski definition) is 4. The first-order valence-electron chi connectivity index (χ1n) is 10.4. The summed E-state index contributed by atoms with van der Waals surface area (Å²) in [6, 6.07) is 0.387. The summed E-state index contributed by atoms with van der Waals surface area (Å²) in [6.07, 6.45) is 3.18. The van der Waals surface area contributed by atoms with Gasteiger partial charge in [-0.3, -0.25) is 9.79 Å². The molecule has 0 aliphatic heterocycles. The number of hydrogen-bond acceptors (Lipinski definition) is 4. The maximum absolute atomic E-state index is 12.3. The van der Waals surface area contributed by atoms with Crippen LogP contribution in [0.4, 0.5) is 0 Å². The molecule has 0 saturated heterocycles. The highest BCUT2D eigenvalue weighted by Gasteiger charge is 2.28. The Hall–Kier alpha value is -0.610. The van der Waals surface area contributed by atoms with Gasteiger partial charge in [0.05, 0.1) is 19.3 Å². The van der Waals surface area contributed by atoms with Crippen LogP contribution in [0.15, 0.2) is 4.99 Å². The number of nitrogens with one attached hydrogen (secondary N) is 3. The van der Waals surface area contributed by atoms with Gasteiger partial charge in [0.15, 0.2) is 5.96 Å². The van der Waals surface area contributed by atoms with E-state index in [4.69, 9.17) is 4.74 Å². The second kappa shape index (κ2) is 15.3. The topological polar surface area (TPSA) is 95.0 Å². The molecule has 0 bridgehead atoms. The molecule has 0 aromatic heterocycles. The Balaban J connectivity index is 0.00000729. The molecule has 1 amide bonds. The quantitative estimate of drug-likeness (QED) is 0.205. The lowest BCUT2D eigenvalue weighted by atomic mass is 9.85. The predicted octanol–water partition coefficient (Wildman–Crippen LogP) is 2.28. The summed E-state index contributed by atoms with van der Waals surface area (Å²) in [5, 5.41) is 19.7. The highest BCUT2D eigenvalue weighted by atomic mass is 127. The van der Waals surface area contributed by atoms with Crippen molar-refractivity contribution in [2.24, 2.45) is 16.8 Å². The zero-order valence-electron chi connectivity index (χ0n) is 18.2. The van der Waals surface area contributed by atoms with Gasteiger partial charge < -0.3 is 25.8 Å². The van der Waals surface area contributed by atoms with Crippen LogP contribution in [0.5, 0.6) is 0 Å². The minimum atomic E-state index is -0.616. The standard InChI is InChI=1S/C20H40N4O3.HI/c1-6-21-20(22-11-18(25)13-27-12-14(2)3)24-17-9-7-8-16(10-17)19(26)23-15(4)5;/h14-18,25H,6-13H2,1-5H3,(H,23,26)(H2,21,22,24);1H. The van der Waals surface area contributed by atoms with Gasteiger partial charge in [-0.25, -0.2) is 0 Å². The van der Waals surface area contributed by atoms with Gasteiger partial charge in [-0.2, -0.15) is 0 Å². The van der Waals surface area contributed by atoms with Crippen molar-refractivity contribution in [3.05, 3.63) is 0 Å². The minimum Gasteiger partial charge on any atom is -0.389 e. The van der Waals surface area contributed by atoms with Gasteiger partial charge in [0.2, 0.25) is 5.91 Å². The second-order valence-corrected chi connectivity index (χ2v) is 8.17. The highest BCUT2D eigenvalue weighted by molar-refractivity contribution is 14.0. The molecule has 7 nitrogen and oxygen atoms in total. The number of halogens is 1. The number of nitrogens with zero attached hydrogens (tertiary/aromatic N) is 1. The third-order valence-electron chi connectivity index (χ3n) is 4.38. The first kappa shape index (κ1) is 27.4. The molecule has 0 aromatic rings. The van der Waals surface area contributed by atoms with Crippen molar-refractivity contribution in [1.29, 1.82) is 0 Å². The third-order valence-corrected chi connectivity index (χ3v) is 4.38. The SMILES string of the molecule is CCNC(=NCC(O)COCC(C)C)NC1CCCC(C(=O)NC(C)C)C1.I. The Labute approximate surface area is 187 Å². The largest absolute Gasteiger partial charge is 0.389 e. The van der Waals surface area contributed by atoms with Crippen LogP contribution in [-0.4, -0.2) is 61.5 Å². The maximum Gasteiger partial charge on any atom is 0.223 e. The molecule has 1 saturated carbocycles. The van der Waals surface area contributed by atoms with Gasteiger partial charge in [0.1, 0.15) is 0 Å². The van der Waals surface area contributed by atoms with Crippen molar-refractivity contribution in [1.82, 2.24) is 16.0 Å². The molecule has 3 atom stereocenters. The monoisotopic (exact) mass is 512 g/mol. The molecule has 3 unspecified atom stereocenters. The molecule has 0 radical (unpaired) electrons. The van der Waals surface area contributed by atoms with E-state index >= 15 is 0 Å². The van der Waals surface area contributed by atoms with Crippen LogP contribution in [0.3, 0.4) is 0 Å². The molecule has 166 valence electrons. The molecular weight excluding hydrogens is 471 g/mol. The van der Waals surface area contributed by atoms with Crippen molar-refractivity contribution in [3.8, 4) is 0 Å². The van der Waals surface area contributed by atoms with Crippen LogP contribution in [0.1, 0.15) is 60.3 Å². The van der Waals surface area contributed by atoms with E-state index < -0.39 is 6.10 Å². The number of aliphatic hydroxyl groups excluding tert-OH is 1. The van der Waals surface area contributed by atoms with E-state index in [1.54, 1.807) is 0 Å². The lowest BCUT2D eigenvalue weighted by Crippen LogP contribution is -2.47. The second-order valence-electron chi connectivity index (χ2n) is 8.17. The Morgan fingerprint density at radius 3 is 2.54 bits per heavy atom. The molecule has 8 heteroatoms. The number of carbonyl (C=O) groups excluding carboxylic acids is 1. The van der Waals surface area contributed by atoms with Crippen LogP contribution >= 0.6 is 24.0 Å². The van der Waals surface area contributed by atoms with E-state index in [-0.39, 0.29) is 54.4 Å². The number of aliphatic imine (C=N–C) groups is 1. The molecule has 1 aliphatic carbocycles. The van der Waals surface area contributed by atoms with Crippen molar-refractivity contribution in [3.63, 3.8) is 0 Å². The van der Waals surface area contributed by atoms with Gasteiger partial charge in [-0.05, 0) is 46.0 Å². The average Bonchev–Trinajstić information content (AvgIpc) is 2.59. The van der Waals surface area contributed by atoms with Crippen molar-refractivity contribution in [2.75, 3.05) is 26.3 Å². The van der Waals surface area contributed by atoms with Gasteiger partial charge in [-0.15, -0.1) is 24.0 Å². The van der Waals surface area contributed by atoms with Crippen molar-refractivity contribution >= 4 is 35.8 Å². The van der Waals surface area contributed by atoms with Gasteiger partial charge >= 0.3 is 0 Å². The fourth-order valence-corrected chi connectivity index (χ4v) is 3.16. The number of rotatable bonds is 10. The molecule has 0 heterocycles. The van der Waals surface area contributed by atoms with E-state index in [1.165, 1.54) is 0 Å². The Bertz CT molecular complexity index is 461. The molecular formula is C20H41IN4O3. The van der Waals surface area contributed by atoms with E-state index in [9.17, 15) is 9.90 Å². The van der Waals surface area contributed by atoms with Gasteiger partial charge in [-0.1, -0.05) is 20.3 Å². The summed E-state index contributed by atoms with van der Waals surface area (Å²) < 4.78 is 5.47. The number of ether oxygens (including phenoxy) is 1. The van der Waals surface area contributed by atoms with E-state index in [0.29, 0.717) is 25.1 Å². The van der Waals surface area contributed by atoms with Crippen LogP contribution < -0.4 is 16.0 Å². The van der Waals surface area contributed by atoms with Crippen molar-refractivity contribution in [2.45, 2.75) is 78.5 Å². The maximum atomic E-state index is 12.3. The lowest BCUT2D eigenvalue weighted by Gasteiger charge is -2.30. The molecule has 28 heavy (non-hydrogen) atoms. The Morgan fingerprint density at radius 2 is 1.93 bits per heavy atom. The number of carbonyl (C=O) groups is 1. The predicted molar refractivity (Wildman–Crippen MR) is 125 cm³/mol. The van der Waals surface area contributed by atoms with Gasteiger partial charge in [0.25, 0.3) is 0 Å². The summed E-state index contributed by atoms with van der Waals surface area (Å²) in [5.74, 6) is 1.34. The van der Waals surface area contributed by atoms with E-state index in [2.05, 4.69) is 34.8 Å². The van der Waals surface area contributed by atoms with E-state index in [1.807, 2.05) is 20.8 Å². The van der Waals surface area contributed by atoms with Crippen molar-refractivity contribution < 1.29 is 14.6 Å². The molecule has 0 aromatic carbocycles. The summed E-state index contributed by atoms with van der Waals surface area (Å²) >= 11 is 0. The average molecular weight is 512 g/mol. The van der Waals surface area contributed by atoms with Crippen LogP contribution in [0, 0.1) is 11.8 Å². The number of amides is 1. The molecule has 0 spiro atoms. The smallest absolute Gasteiger partial charge is 0.223 e. The summed E-state index contributed by atoms with van der Waals surface area (Å²) in [4.78, 5) is 16.8. The minimum absolute atomic E-state index is 0. The van der Waals surface area contributed by atoms with Crippen LogP contribution in [-0.2, 0) is 9.53 Å². The fourth-order valence-electron chi connectivity index (χ4n) is 3.16. The zero-order chi connectivity index (χ0) is 20.2. The summed E-state index contributed by atoms with van der Waals surface area (Å²) in [6.45, 7) is 12.1. The molecule has 1 fully saturated rings. The summed E-state index contributed by atoms with van der Waals surface area (Å²) in [7, 11) is 0. The summed E-state index contributed by atoms with van der Waals surface area (Å²) in [5.41, 5.74) is 0. The zero-order valence-corrected chi connectivity index (χ0v) is 20.5. The number of aliphatic hydroxyl groups is 1. The molecule has 4 N–H and O–H groups in total. The normalized spacial score (nSPS) is 21.2. The number of guanidine groups is 1. The third kappa shape index (κ3) is 12.1. The Kier molecular flexibility index (Phi) is 14.9. The Morgan fingerprint density at radius 1 is 1.21 bits per heavy atom. The molecule has 1 aliphatic rings. The van der Waals surface area contributed by atoms with E-state index in [0.717, 1.165) is 32.2 Å². The first-order chi connectivity index (χ1) is 12.8. The fraction of sp³-hybridized carbons (Fsp3) is 0.900. The highest BCUT2D eigenvalue weighted by Crippen LogP contribution is 2.24.